The third kappa shape index (κ3) is 4.05. The van der Waals surface area contributed by atoms with Gasteiger partial charge in [-0.3, -0.25) is 0 Å². The van der Waals surface area contributed by atoms with Crippen molar-refractivity contribution in [3.05, 3.63) is 35.4 Å². The van der Waals surface area contributed by atoms with Crippen molar-refractivity contribution in [2.45, 2.75) is 45.6 Å². The summed E-state index contributed by atoms with van der Waals surface area (Å²) in [6.45, 7) is 4.45. The van der Waals surface area contributed by atoms with E-state index in [4.69, 9.17) is 0 Å². The second kappa shape index (κ2) is 6.62. The van der Waals surface area contributed by atoms with Gasteiger partial charge in [0, 0.05) is 6.04 Å². The third-order valence-corrected chi connectivity index (χ3v) is 3.07. The Hall–Kier alpha value is -0.820. The van der Waals surface area contributed by atoms with E-state index in [2.05, 4.69) is 50.5 Å². The summed E-state index contributed by atoms with van der Waals surface area (Å²) in [6, 6.07) is 9.36. The van der Waals surface area contributed by atoms with E-state index in [0.29, 0.717) is 6.04 Å². The van der Waals surface area contributed by atoms with Crippen molar-refractivity contribution in [3.63, 3.8) is 0 Å². The summed E-state index contributed by atoms with van der Waals surface area (Å²) in [5, 5.41) is 3.39. The highest BCUT2D eigenvalue weighted by Crippen LogP contribution is 2.12. The third-order valence-electron chi connectivity index (χ3n) is 3.07. The van der Waals surface area contributed by atoms with Crippen molar-refractivity contribution in [2.75, 3.05) is 7.05 Å². The summed E-state index contributed by atoms with van der Waals surface area (Å²) in [5.41, 5.74) is 2.91. The highest BCUT2D eigenvalue weighted by Gasteiger charge is 2.05. The topological polar surface area (TPSA) is 12.0 Å². The van der Waals surface area contributed by atoms with Gasteiger partial charge in [-0.1, -0.05) is 37.6 Å². The lowest BCUT2D eigenvalue weighted by atomic mass is 9.99. The minimum Gasteiger partial charge on any atom is -0.317 e. The Morgan fingerprint density at radius 2 is 1.93 bits per heavy atom. The van der Waals surface area contributed by atoms with E-state index in [-0.39, 0.29) is 0 Å². The zero-order chi connectivity index (χ0) is 11.1. The van der Waals surface area contributed by atoms with Gasteiger partial charge >= 0.3 is 0 Å². The van der Waals surface area contributed by atoms with Gasteiger partial charge in [-0.15, -0.1) is 0 Å². The molecule has 0 radical (unpaired) electrons. The standard InChI is InChI=1S/C14H23N/c1-4-7-14(15-3)11-10-13-9-6-5-8-12(13)2/h5-6,8-9,14-15H,4,7,10-11H2,1-3H3. The smallest absolute Gasteiger partial charge is 0.00671 e. The first-order chi connectivity index (χ1) is 7.27. The first-order valence-corrected chi connectivity index (χ1v) is 5.99. The molecule has 0 saturated carbocycles. The normalized spacial score (nSPS) is 12.7. The summed E-state index contributed by atoms with van der Waals surface area (Å²) in [5.74, 6) is 0. The number of hydrogen-bond donors (Lipinski definition) is 1. The van der Waals surface area contributed by atoms with Gasteiger partial charge in [0.25, 0.3) is 0 Å². The molecule has 84 valence electrons. The summed E-state index contributed by atoms with van der Waals surface area (Å²) >= 11 is 0. The molecule has 0 fully saturated rings. The molecule has 1 unspecified atom stereocenters. The van der Waals surface area contributed by atoms with Gasteiger partial charge in [-0.05, 0) is 44.4 Å². The molecule has 1 rings (SSSR count). The second-order valence-electron chi connectivity index (χ2n) is 4.24. The molecule has 0 spiro atoms. The van der Waals surface area contributed by atoms with Gasteiger partial charge in [0.1, 0.15) is 0 Å². The highest BCUT2D eigenvalue weighted by atomic mass is 14.9. The zero-order valence-electron chi connectivity index (χ0n) is 10.2. The van der Waals surface area contributed by atoms with E-state index in [9.17, 15) is 0 Å². The van der Waals surface area contributed by atoms with Crippen LogP contribution >= 0.6 is 0 Å². The van der Waals surface area contributed by atoms with Gasteiger partial charge in [-0.2, -0.15) is 0 Å². The Bertz CT molecular complexity index is 280. The maximum absolute atomic E-state index is 3.39. The van der Waals surface area contributed by atoms with Gasteiger partial charge in [0.05, 0.1) is 0 Å². The number of benzene rings is 1. The predicted molar refractivity (Wildman–Crippen MR) is 67.3 cm³/mol. The summed E-state index contributed by atoms with van der Waals surface area (Å²) in [4.78, 5) is 0. The monoisotopic (exact) mass is 205 g/mol. The number of nitrogens with one attached hydrogen (secondary N) is 1. The molecule has 1 heteroatoms. The minimum atomic E-state index is 0.676. The fraction of sp³-hybridized carbons (Fsp3) is 0.571. The molecule has 1 atom stereocenters. The van der Waals surface area contributed by atoms with E-state index in [0.717, 1.165) is 0 Å². The molecule has 0 aliphatic heterocycles. The van der Waals surface area contributed by atoms with Crippen LogP contribution in [0.5, 0.6) is 0 Å². The van der Waals surface area contributed by atoms with Gasteiger partial charge in [-0.25, -0.2) is 0 Å². The second-order valence-corrected chi connectivity index (χ2v) is 4.24. The summed E-state index contributed by atoms with van der Waals surface area (Å²) < 4.78 is 0. The van der Waals surface area contributed by atoms with Crippen molar-refractivity contribution in [1.29, 1.82) is 0 Å². The molecule has 0 bridgehead atoms. The first-order valence-electron chi connectivity index (χ1n) is 5.99. The average Bonchev–Trinajstić information content (AvgIpc) is 2.26. The Morgan fingerprint density at radius 3 is 2.53 bits per heavy atom. The molecule has 1 N–H and O–H groups in total. The van der Waals surface area contributed by atoms with E-state index < -0.39 is 0 Å². The van der Waals surface area contributed by atoms with Crippen LogP contribution in [0.1, 0.15) is 37.3 Å². The van der Waals surface area contributed by atoms with Crippen LogP contribution in [0.2, 0.25) is 0 Å². The summed E-state index contributed by atoms with van der Waals surface area (Å²) in [7, 11) is 2.07. The zero-order valence-corrected chi connectivity index (χ0v) is 10.2. The number of hydrogen-bond acceptors (Lipinski definition) is 1. The Labute approximate surface area is 93.9 Å². The number of rotatable bonds is 6. The van der Waals surface area contributed by atoms with Crippen LogP contribution in [0, 0.1) is 6.92 Å². The lowest BCUT2D eigenvalue weighted by Crippen LogP contribution is -2.25. The fourth-order valence-corrected chi connectivity index (χ4v) is 2.00. The highest BCUT2D eigenvalue weighted by molar-refractivity contribution is 5.25. The van der Waals surface area contributed by atoms with Crippen molar-refractivity contribution in [2.24, 2.45) is 0 Å². The van der Waals surface area contributed by atoms with E-state index in [1.165, 1.54) is 36.8 Å². The lowest BCUT2D eigenvalue weighted by Gasteiger charge is -2.15. The molecule has 0 aliphatic rings. The van der Waals surface area contributed by atoms with E-state index in [1.54, 1.807) is 0 Å². The van der Waals surface area contributed by atoms with Crippen molar-refractivity contribution < 1.29 is 0 Å². The molecular formula is C14H23N. The van der Waals surface area contributed by atoms with Crippen LogP contribution in [-0.2, 0) is 6.42 Å². The largest absolute Gasteiger partial charge is 0.317 e. The minimum absolute atomic E-state index is 0.676. The summed E-state index contributed by atoms with van der Waals surface area (Å²) in [6.07, 6.45) is 4.98. The predicted octanol–water partition coefficient (Wildman–Crippen LogP) is 3.32. The maximum atomic E-state index is 3.39. The van der Waals surface area contributed by atoms with Crippen molar-refractivity contribution >= 4 is 0 Å². The first kappa shape index (κ1) is 12.3. The van der Waals surface area contributed by atoms with Crippen LogP contribution in [0.25, 0.3) is 0 Å². The van der Waals surface area contributed by atoms with Crippen LogP contribution in [0.4, 0.5) is 0 Å². The van der Waals surface area contributed by atoms with Crippen molar-refractivity contribution in [1.82, 2.24) is 5.32 Å². The average molecular weight is 205 g/mol. The quantitative estimate of drug-likeness (QED) is 0.751. The molecule has 1 aromatic rings. The molecule has 0 heterocycles. The molecule has 1 nitrogen and oxygen atoms in total. The molecule has 0 aromatic heterocycles. The SMILES string of the molecule is CCCC(CCc1ccccc1C)NC. The van der Waals surface area contributed by atoms with Crippen LogP contribution in [-0.4, -0.2) is 13.1 Å². The van der Waals surface area contributed by atoms with Gasteiger partial charge in [0.2, 0.25) is 0 Å². The van der Waals surface area contributed by atoms with Crippen LogP contribution < -0.4 is 5.32 Å². The van der Waals surface area contributed by atoms with Gasteiger partial charge in [0.15, 0.2) is 0 Å². The Morgan fingerprint density at radius 1 is 1.20 bits per heavy atom. The molecule has 1 aromatic carbocycles. The Kier molecular flexibility index (Phi) is 5.41. The maximum Gasteiger partial charge on any atom is 0.00671 e. The lowest BCUT2D eigenvalue weighted by molar-refractivity contribution is 0.483. The van der Waals surface area contributed by atoms with Crippen molar-refractivity contribution in [3.8, 4) is 0 Å². The number of aryl methyl sites for hydroxylation is 2. The Balaban J connectivity index is 2.45. The van der Waals surface area contributed by atoms with Crippen LogP contribution in [0.15, 0.2) is 24.3 Å². The van der Waals surface area contributed by atoms with E-state index >= 15 is 0 Å². The van der Waals surface area contributed by atoms with Crippen LogP contribution in [0.3, 0.4) is 0 Å². The fourth-order valence-electron chi connectivity index (χ4n) is 2.00. The van der Waals surface area contributed by atoms with Gasteiger partial charge < -0.3 is 5.32 Å². The van der Waals surface area contributed by atoms with E-state index in [1.807, 2.05) is 0 Å². The molecule has 15 heavy (non-hydrogen) atoms. The molecule has 0 amide bonds. The molecule has 0 aliphatic carbocycles. The molecular weight excluding hydrogens is 182 g/mol. The molecule has 0 saturated heterocycles.